The fourth-order valence-electron chi connectivity index (χ4n) is 6.95. The molecule has 1 N–H and O–H groups in total. The van der Waals surface area contributed by atoms with Crippen LogP contribution in [0, 0.1) is 0 Å². The second kappa shape index (κ2) is 9.91. The molecule has 0 radical (unpaired) electrons. The molecule has 2 aromatic carbocycles. The molecule has 8 nitrogen and oxygen atoms in total. The van der Waals surface area contributed by atoms with Crippen molar-refractivity contribution in [2.75, 3.05) is 19.8 Å². The number of nitrogens with zero attached hydrogens (tertiary/aromatic N) is 2. The largest absolute Gasteiger partial charge is 0.496 e. The van der Waals surface area contributed by atoms with Crippen LogP contribution in [0.25, 0.3) is 11.1 Å². The summed E-state index contributed by atoms with van der Waals surface area (Å²) in [4.78, 5) is 20.0. The summed E-state index contributed by atoms with van der Waals surface area (Å²) in [6, 6.07) is 19.7. The van der Waals surface area contributed by atoms with Crippen molar-refractivity contribution in [3.63, 3.8) is 0 Å². The van der Waals surface area contributed by atoms with E-state index in [-0.39, 0.29) is 30.7 Å². The van der Waals surface area contributed by atoms with Gasteiger partial charge in [-0.1, -0.05) is 54.6 Å². The minimum Gasteiger partial charge on any atom is -0.448 e. The third-order valence-corrected chi connectivity index (χ3v) is 9.89. The molecule has 7 rings (SSSR count). The third-order valence-electron chi connectivity index (χ3n) is 9.89. The lowest BCUT2D eigenvalue weighted by molar-refractivity contribution is -0.137. The van der Waals surface area contributed by atoms with E-state index >= 15 is 0 Å². The standard InChI is InChI=1S/C33H37BN2O6/c1-31(2)32(3,4)42-34(41-31)21-13-14-29(35-17-21)33(38)15-22-18-39-19-23(16-33)36(22)30(37)40-20-28-26-11-7-5-9-24(26)25-10-6-8-12-27(25)28/h5-14,17,22-23,28,38H,15-16,18-20H2,1-4H3. The number of carbonyl (C=O) groups excluding carboxylic acids is 1. The smallest absolute Gasteiger partial charge is 0.448 e. The lowest BCUT2D eigenvalue weighted by Crippen LogP contribution is -2.62. The van der Waals surface area contributed by atoms with Crippen LogP contribution in [-0.4, -0.2) is 71.3 Å². The molecule has 3 aromatic rings. The molecule has 4 heterocycles. The van der Waals surface area contributed by atoms with Crippen molar-refractivity contribution in [3.8, 4) is 11.1 Å². The first kappa shape index (κ1) is 27.6. The molecule has 0 spiro atoms. The van der Waals surface area contributed by atoms with Gasteiger partial charge in [0.2, 0.25) is 0 Å². The highest BCUT2D eigenvalue weighted by Crippen LogP contribution is 2.45. The Balaban J connectivity index is 1.05. The van der Waals surface area contributed by atoms with Crippen molar-refractivity contribution in [1.29, 1.82) is 0 Å². The molecule has 218 valence electrons. The maximum Gasteiger partial charge on any atom is 0.496 e. The number of hydrogen-bond acceptors (Lipinski definition) is 7. The van der Waals surface area contributed by atoms with Gasteiger partial charge in [-0.3, -0.25) is 9.88 Å². The van der Waals surface area contributed by atoms with E-state index in [1.165, 1.54) is 22.3 Å². The average molecular weight is 568 g/mol. The van der Waals surface area contributed by atoms with Crippen molar-refractivity contribution < 1.29 is 28.7 Å². The quantitative estimate of drug-likeness (QED) is 0.468. The Morgan fingerprint density at radius 2 is 1.50 bits per heavy atom. The highest BCUT2D eigenvalue weighted by Gasteiger charge is 2.53. The van der Waals surface area contributed by atoms with Crippen LogP contribution in [0.15, 0.2) is 66.9 Å². The molecule has 3 fully saturated rings. The molecular formula is C33H37BN2O6. The zero-order chi connectivity index (χ0) is 29.3. The van der Waals surface area contributed by atoms with E-state index in [0.717, 1.165) is 5.46 Å². The van der Waals surface area contributed by atoms with Crippen LogP contribution < -0.4 is 5.46 Å². The Hall–Kier alpha value is -3.24. The van der Waals surface area contributed by atoms with Crippen molar-refractivity contribution in [2.24, 2.45) is 0 Å². The Bertz CT molecular complexity index is 1430. The molecule has 1 aromatic heterocycles. The second-order valence-corrected chi connectivity index (χ2v) is 13.1. The molecular weight excluding hydrogens is 531 g/mol. The number of aromatic nitrogens is 1. The summed E-state index contributed by atoms with van der Waals surface area (Å²) in [6.45, 7) is 9.01. The molecule has 2 bridgehead atoms. The molecule has 9 heteroatoms. The lowest BCUT2D eigenvalue weighted by atomic mass is 9.77. The zero-order valence-corrected chi connectivity index (χ0v) is 24.6. The number of amides is 1. The number of benzene rings is 2. The number of aliphatic hydroxyl groups is 1. The molecule has 1 aliphatic carbocycles. The van der Waals surface area contributed by atoms with Gasteiger partial charge in [0.1, 0.15) is 12.2 Å². The maximum atomic E-state index is 13.6. The van der Waals surface area contributed by atoms with Gasteiger partial charge in [0.25, 0.3) is 0 Å². The molecule has 42 heavy (non-hydrogen) atoms. The van der Waals surface area contributed by atoms with E-state index in [1.807, 2.05) is 64.1 Å². The highest BCUT2D eigenvalue weighted by molar-refractivity contribution is 6.62. The number of ether oxygens (including phenoxy) is 2. The van der Waals surface area contributed by atoms with Gasteiger partial charge in [-0.05, 0) is 56.0 Å². The second-order valence-electron chi connectivity index (χ2n) is 13.1. The predicted octanol–water partition coefficient (Wildman–Crippen LogP) is 4.38. The normalized spacial score (nSPS) is 27.5. The monoisotopic (exact) mass is 568 g/mol. The van der Waals surface area contributed by atoms with Crippen LogP contribution in [0.2, 0.25) is 0 Å². The summed E-state index contributed by atoms with van der Waals surface area (Å²) in [5.74, 6) is -0.00847. The van der Waals surface area contributed by atoms with E-state index in [2.05, 4.69) is 29.2 Å². The summed E-state index contributed by atoms with van der Waals surface area (Å²) in [5, 5.41) is 11.8. The summed E-state index contributed by atoms with van der Waals surface area (Å²) in [6.07, 6.45) is 1.99. The summed E-state index contributed by atoms with van der Waals surface area (Å²) in [5.41, 5.74) is 4.05. The summed E-state index contributed by atoms with van der Waals surface area (Å²) < 4.78 is 24.2. The molecule has 3 aliphatic heterocycles. The molecule has 4 aliphatic rings. The SMILES string of the molecule is CC1(C)OB(c2ccc(C3(O)CC4COCC(C3)N4C(=O)OCC3c4ccccc4-c4ccccc43)nc2)OC1(C)C. The van der Waals surface area contributed by atoms with Crippen molar-refractivity contribution in [2.45, 2.75) is 75.3 Å². The molecule has 3 saturated heterocycles. The number of carbonyl (C=O) groups is 1. The van der Waals surface area contributed by atoms with E-state index in [9.17, 15) is 9.90 Å². The van der Waals surface area contributed by atoms with Crippen LogP contribution in [-0.2, 0) is 24.4 Å². The van der Waals surface area contributed by atoms with E-state index in [4.69, 9.17) is 18.8 Å². The van der Waals surface area contributed by atoms with Crippen LogP contribution in [0.1, 0.15) is 63.3 Å². The molecule has 2 atom stereocenters. The van der Waals surface area contributed by atoms with Crippen molar-refractivity contribution in [3.05, 3.63) is 83.7 Å². The van der Waals surface area contributed by atoms with Gasteiger partial charge in [0.05, 0.1) is 42.2 Å². The van der Waals surface area contributed by atoms with Gasteiger partial charge in [-0.2, -0.15) is 0 Å². The number of piperidine rings is 1. The fraction of sp³-hybridized carbons (Fsp3) is 0.455. The first-order chi connectivity index (χ1) is 20.1. The van der Waals surface area contributed by atoms with Crippen LogP contribution >= 0.6 is 0 Å². The van der Waals surface area contributed by atoms with Gasteiger partial charge in [-0.15, -0.1) is 0 Å². The first-order valence-corrected chi connectivity index (χ1v) is 14.8. The molecule has 2 unspecified atom stereocenters. The van der Waals surface area contributed by atoms with Crippen molar-refractivity contribution >= 4 is 18.7 Å². The summed E-state index contributed by atoms with van der Waals surface area (Å²) >= 11 is 0. The fourth-order valence-corrected chi connectivity index (χ4v) is 6.95. The minimum atomic E-state index is -1.19. The van der Waals surface area contributed by atoms with Gasteiger partial charge in [-0.25, -0.2) is 4.79 Å². The lowest BCUT2D eigenvalue weighted by Gasteiger charge is -2.50. The topological polar surface area (TPSA) is 90.4 Å². The van der Waals surface area contributed by atoms with Crippen LogP contribution in [0.3, 0.4) is 0 Å². The Kier molecular flexibility index (Phi) is 6.51. The number of pyridine rings is 1. The predicted molar refractivity (Wildman–Crippen MR) is 158 cm³/mol. The van der Waals surface area contributed by atoms with Gasteiger partial charge >= 0.3 is 13.2 Å². The maximum absolute atomic E-state index is 13.6. The van der Waals surface area contributed by atoms with Crippen LogP contribution in [0.5, 0.6) is 0 Å². The van der Waals surface area contributed by atoms with Crippen LogP contribution in [0.4, 0.5) is 4.79 Å². The number of hydrogen-bond donors (Lipinski definition) is 1. The Morgan fingerprint density at radius 3 is 2.05 bits per heavy atom. The van der Waals surface area contributed by atoms with E-state index in [1.54, 1.807) is 11.1 Å². The van der Waals surface area contributed by atoms with Gasteiger partial charge in [0, 0.05) is 30.4 Å². The van der Waals surface area contributed by atoms with E-state index in [0.29, 0.717) is 31.7 Å². The highest BCUT2D eigenvalue weighted by atomic mass is 16.7. The van der Waals surface area contributed by atoms with Crippen molar-refractivity contribution in [1.82, 2.24) is 9.88 Å². The Morgan fingerprint density at radius 1 is 0.929 bits per heavy atom. The molecule has 1 amide bonds. The number of fused-ring (bicyclic) bond motifs is 5. The Labute approximate surface area is 247 Å². The minimum absolute atomic E-state index is 0.00847. The average Bonchev–Trinajstić information content (AvgIpc) is 3.40. The molecule has 0 saturated carbocycles. The number of rotatable bonds is 4. The van der Waals surface area contributed by atoms with Gasteiger partial charge in [0.15, 0.2) is 0 Å². The van der Waals surface area contributed by atoms with E-state index < -0.39 is 23.9 Å². The summed E-state index contributed by atoms with van der Waals surface area (Å²) in [7, 11) is -0.519. The van der Waals surface area contributed by atoms with Gasteiger partial charge < -0.3 is 23.9 Å². The number of morpholine rings is 1. The third kappa shape index (κ3) is 4.45. The zero-order valence-electron chi connectivity index (χ0n) is 24.6. The first-order valence-electron chi connectivity index (χ1n) is 14.8.